The van der Waals surface area contributed by atoms with Crippen LogP contribution in [0.15, 0.2) is 29.1 Å². The van der Waals surface area contributed by atoms with Crippen LogP contribution in [0.5, 0.6) is 0 Å². The van der Waals surface area contributed by atoms with Crippen molar-refractivity contribution in [3.8, 4) is 0 Å². The monoisotopic (exact) mass is 275 g/mol. The normalized spacial score (nSPS) is 13.5. The number of nitrogen functional groups attached to an aromatic ring is 1. The van der Waals surface area contributed by atoms with Crippen molar-refractivity contribution in [1.82, 2.24) is 9.55 Å². The Kier molecular flexibility index (Phi) is 3.03. The maximum Gasteiger partial charge on any atom is 0.251 e. The lowest BCUT2D eigenvalue weighted by molar-refractivity contribution is 0.694. The Morgan fingerprint density at radius 1 is 1.26 bits per heavy atom. The molecule has 2 N–H and O–H groups in total. The van der Waals surface area contributed by atoms with Crippen LogP contribution in [0, 0.1) is 0 Å². The first-order chi connectivity index (χ1) is 9.15. The molecule has 98 valence electrons. The van der Waals surface area contributed by atoms with Gasteiger partial charge in [0.25, 0.3) is 5.56 Å². The minimum absolute atomic E-state index is 0.0130. The molecule has 1 aliphatic rings. The molecule has 1 aliphatic carbocycles. The number of fused-ring (bicyclic) bond motifs is 1. The fourth-order valence-electron chi connectivity index (χ4n) is 2.57. The third kappa shape index (κ3) is 2.24. The van der Waals surface area contributed by atoms with Crippen molar-refractivity contribution in [2.24, 2.45) is 0 Å². The van der Waals surface area contributed by atoms with E-state index in [0.717, 1.165) is 25.0 Å². The Labute approximate surface area is 115 Å². The smallest absolute Gasteiger partial charge is 0.251 e. The molecule has 0 radical (unpaired) electrons. The number of aromatic nitrogens is 2. The number of nitrogens with zero attached hydrogens (tertiary/aromatic N) is 2. The summed E-state index contributed by atoms with van der Waals surface area (Å²) in [4.78, 5) is 16.3. The van der Waals surface area contributed by atoms with Crippen LogP contribution in [0.4, 0.5) is 5.82 Å². The Morgan fingerprint density at radius 2 is 2.11 bits per heavy atom. The van der Waals surface area contributed by atoms with Crippen molar-refractivity contribution in [1.29, 1.82) is 0 Å². The number of hydrogen-bond acceptors (Lipinski definition) is 3. The molecule has 2 aromatic rings. The fraction of sp³-hybridized carbons (Fsp3) is 0.286. The first kappa shape index (κ1) is 12.2. The fourth-order valence-corrected chi connectivity index (χ4v) is 2.73. The van der Waals surface area contributed by atoms with E-state index in [1.54, 1.807) is 22.8 Å². The van der Waals surface area contributed by atoms with Crippen molar-refractivity contribution in [3.63, 3.8) is 0 Å². The predicted molar refractivity (Wildman–Crippen MR) is 75.5 cm³/mol. The Bertz CT molecular complexity index is 694. The third-order valence-electron chi connectivity index (χ3n) is 3.50. The zero-order valence-electron chi connectivity index (χ0n) is 10.4. The summed E-state index contributed by atoms with van der Waals surface area (Å²) >= 11 is 6.12. The molecule has 0 amide bonds. The van der Waals surface area contributed by atoms with Gasteiger partial charge in [-0.2, -0.15) is 0 Å². The van der Waals surface area contributed by atoms with Gasteiger partial charge in [0.05, 0.1) is 17.3 Å². The summed E-state index contributed by atoms with van der Waals surface area (Å²) in [6.45, 7) is 0.381. The minimum atomic E-state index is -0.0130. The van der Waals surface area contributed by atoms with Crippen LogP contribution in [0.25, 0.3) is 0 Å². The van der Waals surface area contributed by atoms with E-state index in [1.807, 2.05) is 6.07 Å². The lowest BCUT2D eigenvalue weighted by atomic mass is 10.2. The van der Waals surface area contributed by atoms with E-state index in [2.05, 4.69) is 4.98 Å². The predicted octanol–water partition coefficient (Wildman–Crippen LogP) is 2.02. The average Bonchev–Trinajstić information content (AvgIpc) is 2.85. The molecule has 0 fully saturated rings. The molecule has 2 heterocycles. The summed E-state index contributed by atoms with van der Waals surface area (Å²) in [6.07, 6.45) is 3.07. The second kappa shape index (κ2) is 4.70. The van der Waals surface area contributed by atoms with E-state index in [1.165, 1.54) is 5.56 Å². The van der Waals surface area contributed by atoms with E-state index in [9.17, 15) is 4.79 Å². The molecular formula is C14H14ClN3O. The molecule has 3 rings (SSSR count). The zero-order valence-corrected chi connectivity index (χ0v) is 11.2. The number of anilines is 1. The summed E-state index contributed by atoms with van der Waals surface area (Å²) in [5.74, 6) is 0.417. The van der Waals surface area contributed by atoms with E-state index in [0.29, 0.717) is 23.1 Å². The van der Waals surface area contributed by atoms with E-state index in [4.69, 9.17) is 17.3 Å². The number of rotatable bonds is 2. The quantitative estimate of drug-likeness (QED) is 0.912. The number of halogens is 1. The van der Waals surface area contributed by atoms with Gasteiger partial charge in [-0.15, -0.1) is 0 Å². The Morgan fingerprint density at radius 3 is 2.95 bits per heavy atom. The Hall–Kier alpha value is -1.81. The molecular weight excluding hydrogens is 262 g/mol. The second-order valence-electron chi connectivity index (χ2n) is 4.75. The second-order valence-corrected chi connectivity index (χ2v) is 5.16. The number of pyridine rings is 2. The van der Waals surface area contributed by atoms with Crippen LogP contribution < -0.4 is 11.3 Å². The SMILES string of the molecule is Nc1ccc(Cl)c(Cn2c3c(ccc2=O)CCC3)n1. The van der Waals surface area contributed by atoms with Crippen molar-refractivity contribution in [2.75, 3.05) is 5.73 Å². The lowest BCUT2D eigenvalue weighted by Gasteiger charge is -2.12. The minimum Gasteiger partial charge on any atom is -0.384 e. The van der Waals surface area contributed by atoms with Crippen LogP contribution >= 0.6 is 11.6 Å². The maximum atomic E-state index is 12.0. The van der Waals surface area contributed by atoms with Gasteiger partial charge >= 0.3 is 0 Å². The van der Waals surface area contributed by atoms with Gasteiger partial charge < -0.3 is 10.3 Å². The molecule has 0 saturated carbocycles. The highest BCUT2D eigenvalue weighted by atomic mass is 35.5. The largest absolute Gasteiger partial charge is 0.384 e. The molecule has 0 aliphatic heterocycles. The number of aryl methyl sites for hydroxylation is 1. The van der Waals surface area contributed by atoms with Crippen LogP contribution in [-0.2, 0) is 19.4 Å². The third-order valence-corrected chi connectivity index (χ3v) is 3.84. The molecule has 5 heteroatoms. The van der Waals surface area contributed by atoms with Crippen LogP contribution in [0.2, 0.25) is 5.02 Å². The molecule has 0 atom stereocenters. The number of nitrogens with two attached hydrogens (primary N) is 1. The molecule has 0 aromatic carbocycles. The lowest BCUT2D eigenvalue weighted by Crippen LogP contribution is -2.24. The zero-order chi connectivity index (χ0) is 13.4. The van der Waals surface area contributed by atoms with Crippen molar-refractivity contribution in [3.05, 3.63) is 56.6 Å². The van der Waals surface area contributed by atoms with E-state index >= 15 is 0 Å². The molecule has 2 aromatic heterocycles. The van der Waals surface area contributed by atoms with Crippen LogP contribution in [0.1, 0.15) is 23.4 Å². The van der Waals surface area contributed by atoms with Gasteiger partial charge in [0, 0.05) is 11.8 Å². The van der Waals surface area contributed by atoms with Gasteiger partial charge in [0.1, 0.15) is 5.82 Å². The highest BCUT2D eigenvalue weighted by molar-refractivity contribution is 6.31. The standard InChI is InChI=1S/C14H14ClN3O/c15-10-5-6-13(16)17-11(10)8-18-12-3-1-2-9(12)4-7-14(18)19/h4-7H,1-3,8H2,(H2,16,17). The van der Waals surface area contributed by atoms with Crippen molar-refractivity contribution >= 4 is 17.4 Å². The first-order valence-electron chi connectivity index (χ1n) is 6.27. The van der Waals surface area contributed by atoms with Gasteiger partial charge in [-0.3, -0.25) is 4.79 Å². The van der Waals surface area contributed by atoms with Crippen LogP contribution in [0.3, 0.4) is 0 Å². The van der Waals surface area contributed by atoms with Gasteiger partial charge in [-0.05, 0) is 37.0 Å². The van der Waals surface area contributed by atoms with Gasteiger partial charge in [0.15, 0.2) is 0 Å². The number of hydrogen-bond donors (Lipinski definition) is 1. The topological polar surface area (TPSA) is 60.9 Å². The van der Waals surface area contributed by atoms with E-state index < -0.39 is 0 Å². The van der Waals surface area contributed by atoms with Gasteiger partial charge in [-0.25, -0.2) is 4.98 Å². The van der Waals surface area contributed by atoms with Crippen molar-refractivity contribution in [2.45, 2.75) is 25.8 Å². The summed E-state index contributed by atoms with van der Waals surface area (Å²) in [5.41, 5.74) is 8.66. The first-order valence-corrected chi connectivity index (χ1v) is 6.65. The van der Waals surface area contributed by atoms with Crippen molar-refractivity contribution < 1.29 is 0 Å². The summed E-state index contributed by atoms with van der Waals surface area (Å²) in [6, 6.07) is 6.91. The Balaban J connectivity index is 2.07. The molecule has 4 nitrogen and oxygen atoms in total. The van der Waals surface area contributed by atoms with Crippen LogP contribution in [-0.4, -0.2) is 9.55 Å². The molecule has 0 spiro atoms. The molecule has 19 heavy (non-hydrogen) atoms. The summed E-state index contributed by atoms with van der Waals surface area (Å²) < 4.78 is 1.76. The van der Waals surface area contributed by atoms with Gasteiger partial charge in [-0.1, -0.05) is 17.7 Å². The molecule has 0 unspecified atom stereocenters. The highest BCUT2D eigenvalue weighted by Crippen LogP contribution is 2.22. The average molecular weight is 276 g/mol. The van der Waals surface area contributed by atoms with E-state index in [-0.39, 0.29) is 5.56 Å². The maximum absolute atomic E-state index is 12.0. The highest BCUT2D eigenvalue weighted by Gasteiger charge is 2.17. The molecule has 0 saturated heterocycles. The summed E-state index contributed by atoms with van der Waals surface area (Å²) in [5, 5.41) is 0.539. The van der Waals surface area contributed by atoms with Gasteiger partial charge in [0.2, 0.25) is 0 Å². The summed E-state index contributed by atoms with van der Waals surface area (Å²) in [7, 11) is 0. The molecule has 0 bridgehead atoms.